The molecular weight excluding hydrogens is 288 g/mol. The lowest BCUT2D eigenvalue weighted by Gasteiger charge is -2.26. The van der Waals surface area contributed by atoms with Gasteiger partial charge in [0.05, 0.1) is 19.2 Å². The highest BCUT2D eigenvalue weighted by Gasteiger charge is 2.22. The molecule has 0 fully saturated rings. The Bertz CT molecular complexity index is 712. The van der Waals surface area contributed by atoms with Gasteiger partial charge in [0.25, 0.3) is 0 Å². The predicted molar refractivity (Wildman–Crippen MR) is 91.8 cm³/mol. The van der Waals surface area contributed by atoms with Crippen LogP contribution >= 0.6 is 0 Å². The molecule has 1 aliphatic heterocycles. The molecule has 23 heavy (non-hydrogen) atoms. The molecule has 2 N–H and O–H groups in total. The SMILES string of the molecule is Cc1cccc(NCC(=O)NC2CCOc3ccccc32)c1C. The second-order valence-corrected chi connectivity index (χ2v) is 5.90. The van der Waals surface area contributed by atoms with Crippen molar-refractivity contribution in [1.29, 1.82) is 0 Å². The molecule has 0 spiro atoms. The highest BCUT2D eigenvalue weighted by Crippen LogP contribution is 2.31. The van der Waals surface area contributed by atoms with Crippen molar-refractivity contribution in [2.75, 3.05) is 18.5 Å². The number of anilines is 1. The largest absolute Gasteiger partial charge is 0.493 e. The van der Waals surface area contributed by atoms with Crippen molar-refractivity contribution in [3.05, 3.63) is 59.2 Å². The van der Waals surface area contributed by atoms with E-state index < -0.39 is 0 Å². The highest BCUT2D eigenvalue weighted by molar-refractivity contribution is 5.81. The highest BCUT2D eigenvalue weighted by atomic mass is 16.5. The zero-order chi connectivity index (χ0) is 16.2. The average molecular weight is 310 g/mol. The first-order valence-electron chi connectivity index (χ1n) is 7.96. The number of amides is 1. The fraction of sp³-hybridized carbons (Fsp3) is 0.316. The van der Waals surface area contributed by atoms with Crippen LogP contribution in [0.2, 0.25) is 0 Å². The maximum absolute atomic E-state index is 12.3. The summed E-state index contributed by atoms with van der Waals surface area (Å²) >= 11 is 0. The van der Waals surface area contributed by atoms with Crippen LogP contribution in [0.4, 0.5) is 5.69 Å². The molecule has 2 aromatic carbocycles. The van der Waals surface area contributed by atoms with Crippen LogP contribution in [0.3, 0.4) is 0 Å². The van der Waals surface area contributed by atoms with E-state index in [2.05, 4.69) is 30.5 Å². The van der Waals surface area contributed by atoms with Crippen LogP contribution in [0.1, 0.15) is 29.2 Å². The number of carbonyl (C=O) groups excluding carboxylic acids is 1. The van der Waals surface area contributed by atoms with Crippen molar-refractivity contribution in [3.63, 3.8) is 0 Å². The molecular formula is C19H22N2O2. The Morgan fingerprint density at radius 1 is 1.17 bits per heavy atom. The van der Waals surface area contributed by atoms with E-state index in [1.165, 1.54) is 11.1 Å². The Balaban J connectivity index is 1.61. The molecule has 2 aromatic rings. The first-order chi connectivity index (χ1) is 11.1. The minimum Gasteiger partial charge on any atom is -0.493 e. The lowest BCUT2D eigenvalue weighted by atomic mass is 10.0. The third-order valence-corrected chi connectivity index (χ3v) is 4.34. The maximum atomic E-state index is 12.3. The van der Waals surface area contributed by atoms with Crippen molar-refractivity contribution >= 4 is 11.6 Å². The van der Waals surface area contributed by atoms with Gasteiger partial charge in [-0.3, -0.25) is 4.79 Å². The molecule has 0 bridgehead atoms. The minimum absolute atomic E-state index is 0.00684. The molecule has 4 heteroatoms. The molecule has 1 unspecified atom stereocenters. The minimum atomic E-state index is -0.00684. The summed E-state index contributed by atoms with van der Waals surface area (Å²) in [7, 11) is 0. The normalized spacial score (nSPS) is 16.2. The Labute approximate surface area is 136 Å². The van der Waals surface area contributed by atoms with E-state index >= 15 is 0 Å². The first-order valence-corrected chi connectivity index (χ1v) is 7.96. The standard InChI is InChI=1S/C19H22N2O2/c1-13-6-5-8-16(14(13)2)20-12-19(22)21-17-10-11-23-18-9-4-3-7-15(17)18/h3-9,17,20H,10-12H2,1-2H3,(H,21,22). The van der Waals surface area contributed by atoms with Gasteiger partial charge in [-0.1, -0.05) is 30.3 Å². The molecule has 1 heterocycles. The van der Waals surface area contributed by atoms with Crippen LogP contribution in [0.15, 0.2) is 42.5 Å². The molecule has 120 valence electrons. The van der Waals surface area contributed by atoms with Gasteiger partial charge >= 0.3 is 0 Å². The zero-order valence-electron chi connectivity index (χ0n) is 13.6. The van der Waals surface area contributed by atoms with Gasteiger partial charge in [0, 0.05) is 17.7 Å². The van der Waals surface area contributed by atoms with E-state index in [0.29, 0.717) is 6.61 Å². The molecule has 0 aromatic heterocycles. The second kappa shape index (κ2) is 6.73. The summed E-state index contributed by atoms with van der Waals surface area (Å²) in [4.78, 5) is 12.3. The smallest absolute Gasteiger partial charge is 0.239 e. The summed E-state index contributed by atoms with van der Waals surface area (Å²) < 4.78 is 5.63. The van der Waals surface area contributed by atoms with Crippen LogP contribution < -0.4 is 15.4 Å². The second-order valence-electron chi connectivity index (χ2n) is 5.90. The monoisotopic (exact) mass is 310 g/mol. The summed E-state index contributed by atoms with van der Waals surface area (Å²) in [5.74, 6) is 0.860. The number of ether oxygens (including phenoxy) is 1. The van der Waals surface area contributed by atoms with E-state index in [9.17, 15) is 4.79 Å². The van der Waals surface area contributed by atoms with E-state index in [0.717, 1.165) is 23.4 Å². The topological polar surface area (TPSA) is 50.4 Å². The van der Waals surface area contributed by atoms with Crippen molar-refractivity contribution in [1.82, 2.24) is 5.32 Å². The number of nitrogens with one attached hydrogen (secondary N) is 2. The zero-order valence-corrected chi connectivity index (χ0v) is 13.6. The Morgan fingerprint density at radius 2 is 2.00 bits per heavy atom. The van der Waals surface area contributed by atoms with Crippen molar-refractivity contribution in [3.8, 4) is 5.75 Å². The average Bonchev–Trinajstić information content (AvgIpc) is 2.56. The van der Waals surface area contributed by atoms with Gasteiger partial charge in [-0.05, 0) is 37.1 Å². The Morgan fingerprint density at radius 3 is 2.87 bits per heavy atom. The number of fused-ring (bicyclic) bond motifs is 1. The van der Waals surface area contributed by atoms with Crippen LogP contribution in [-0.2, 0) is 4.79 Å². The van der Waals surface area contributed by atoms with Gasteiger partial charge in [-0.25, -0.2) is 0 Å². The van der Waals surface area contributed by atoms with Gasteiger partial charge in [0.15, 0.2) is 0 Å². The van der Waals surface area contributed by atoms with Gasteiger partial charge in [0.2, 0.25) is 5.91 Å². The molecule has 0 radical (unpaired) electrons. The molecule has 3 rings (SSSR count). The van der Waals surface area contributed by atoms with Crippen LogP contribution in [0.25, 0.3) is 0 Å². The van der Waals surface area contributed by atoms with Crippen LogP contribution in [0, 0.1) is 13.8 Å². The molecule has 0 saturated heterocycles. The first kappa shape index (κ1) is 15.4. The fourth-order valence-corrected chi connectivity index (χ4v) is 2.86. The summed E-state index contributed by atoms with van der Waals surface area (Å²) in [6, 6.07) is 14.0. The predicted octanol–water partition coefficient (Wildman–Crippen LogP) is 3.36. The molecule has 0 aliphatic carbocycles. The number of benzene rings is 2. The quantitative estimate of drug-likeness (QED) is 0.910. The number of rotatable bonds is 4. The number of carbonyl (C=O) groups is 1. The number of aryl methyl sites for hydroxylation is 1. The molecule has 1 atom stereocenters. The van der Waals surface area contributed by atoms with E-state index in [1.54, 1.807) is 0 Å². The molecule has 0 saturated carbocycles. The summed E-state index contributed by atoms with van der Waals surface area (Å²) in [5.41, 5.74) is 4.46. The van der Waals surface area contributed by atoms with Gasteiger partial charge < -0.3 is 15.4 Å². The molecule has 1 amide bonds. The van der Waals surface area contributed by atoms with Crippen molar-refractivity contribution < 1.29 is 9.53 Å². The lowest BCUT2D eigenvalue weighted by Crippen LogP contribution is -2.35. The molecule has 4 nitrogen and oxygen atoms in total. The van der Waals surface area contributed by atoms with Crippen LogP contribution in [-0.4, -0.2) is 19.1 Å². The maximum Gasteiger partial charge on any atom is 0.239 e. The van der Waals surface area contributed by atoms with Crippen molar-refractivity contribution in [2.45, 2.75) is 26.3 Å². The third kappa shape index (κ3) is 3.47. The number of para-hydroxylation sites is 1. The lowest BCUT2D eigenvalue weighted by molar-refractivity contribution is -0.120. The Hall–Kier alpha value is -2.49. The van der Waals surface area contributed by atoms with Gasteiger partial charge in [-0.15, -0.1) is 0 Å². The Kier molecular flexibility index (Phi) is 4.51. The van der Waals surface area contributed by atoms with E-state index in [-0.39, 0.29) is 18.5 Å². The summed E-state index contributed by atoms with van der Waals surface area (Å²) in [6.07, 6.45) is 0.798. The van der Waals surface area contributed by atoms with E-state index in [1.807, 2.05) is 36.4 Å². The van der Waals surface area contributed by atoms with Gasteiger partial charge in [0.1, 0.15) is 5.75 Å². The van der Waals surface area contributed by atoms with Gasteiger partial charge in [-0.2, -0.15) is 0 Å². The van der Waals surface area contributed by atoms with E-state index in [4.69, 9.17) is 4.74 Å². The fourth-order valence-electron chi connectivity index (χ4n) is 2.86. The molecule has 1 aliphatic rings. The summed E-state index contributed by atoms with van der Waals surface area (Å²) in [6.45, 7) is 5.03. The number of hydrogen-bond acceptors (Lipinski definition) is 3. The number of hydrogen-bond donors (Lipinski definition) is 2. The van der Waals surface area contributed by atoms with Crippen molar-refractivity contribution in [2.24, 2.45) is 0 Å². The summed E-state index contributed by atoms with van der Waals surface area (Å²) in [5, 5.41) is 6.32. The van der Waals surface area contributed by atoms with Crippen LogP contribution in [0.5, 0.6) is 5.75 Å². The third-order valence-electron chi connectivity index (χ3n) is 4.34.